The number of aromatic hydroxyl groups is 2. The second-order valence-corrected chi connectivity index (χ2v) is 7.52. The van der Waals surface area contributed by atoms with Crippen LogP contribution in [-0.2, 0) is 0 Å². The van der Waals surface area contributed by atoms with Crippen molar-refractivity contribution in [3.8, 4) is 22.8 Å². The van der Waals surface area contributed by atoms with Crippen LogP contribution in [-0.4, -0.2) is 46.5 Å². The van der Waals surface area contributed by atoms with Crippen LogP contribution in [0.3, 0.4) is 0 Å². The minimum atomic E-state index is -0.429. The number of likely N-dealkylation sites (tertiary alicyclic amines) is 1. The van der Waals surface area contributed by atoms with Crippen LogP contribution >= 0.6 is 11.6 Å². The van der Waals surface area contributed by atoms with E-state index in [0.29, 0.717) is 22.6 Å². The molecular weight excluding hydrogens is 382 g/mol. The summed E-state index contributed by atoms with van der Waals surface area (Å²) in [4.78, 5) is 14.8. The summed E-state index contributed by atoms with van der Waals surface area (Å²) < 4.78 is 6.04. The molecule has 0 saturated carbocycles. The summed E-state index contributed by atoms with van der Waals surface area (Å²) in [7, 11) is 1.89. The number of likely N-dealkylation sites (N-methyl/N-ethyl adjacent to an activating group) is 1. The van der Waals surface area contributed by atoms with E-state index in [1.807, 2.05) is 11.9 Å². The zero-order valence-corrected chi connectivity index (χ0v) is 16.0. The molecule has 1 aromatic heterocycles. The second kappa shape index (κ2) is 7.13. The summed E-state index contributed by atoms with van der Waals surface area (Å²) in [6.45, 7) is 0.629. The molecular formula is C21H20ClNO5. The molecule has 4 rings (SSSR count). The van der Waals surface area contributed by atoms with Gasteiger partial charge < -0.3 is 24.6 Å². The predicted molar refractivity (Wildman–Crippen MR) is 107 cm³/mol. The van der Waals surface area contributed by atoms with Crippen LogP contribution in [0, 0.1) is 0 Å². The standard InChI is InChI=1S/C21H20ClNO5/c1-23-7-6-12(14(23)10-24)19-15(25)8-16(26)20-17(27)9-18(28-21(19)20)11-4-2-3-5-13(11)22/h2-5,8-9,12,14,24-26H,6-7,10H2,1H3/t12-,14+/m0/s1. The first-order chi connectivity index (χ1) is 13.4. The van der Waals surface area contributed by atoms with Crippen molar-refractivity contribution in [3.05, 3.63) is 57.2 Å². The lowest BCUT2D eigenvalue weighted by molar-refractivity contribution is 0.172. The monoisotopic (exact) mass is 401 g/mol. The van der Waals surface area contributed by atoms with Gasteiger partial charge in [-0.25, -0.2) is 0 Å². The molecule has 2 heterocycles. The van der Waals surface area contributed by atoms with E-state index in [-0.39, 0.29) is 46.8 Å². The van der Waals surface area contributed by atoms with Crippen LogP contribution in [0.2, 0.25) is 5.02 Å². The number of rotatable bonds is 3. The Morgan fingerprint density at radius 3 is 2.68 bits per heavy atom. The summed E-state index contributed by atoms with van der Waals surface area (Å²) in [5.74, 6) is -0.505. The molecule has 28 heavy (non-hydrogen) atoms. The Labute approximate surface area is 166 Å². The number of aliphatic hydroxyl groups excluding tert-OH is 1. The van der Waals surface area contributed by atoms with E-state index < -0.39 is 5.43 Å². The first-order valence-electron chi connectivity index (χ1n) is 9.01. The molecule has 0 bridgehead atoms. The predicted octanol–water partition coefficient (Wildman–Crippen LogP) is 3.30. The number of nitrogens with zero attached hydrogens (tertiary/aromatic N) is 1. The van der Waals surface area contributed by atoms with E-state index in [1.54, 1.807) is 24.3 Å². The average molecular weight is 402 g/mol. The number of hydrogen-bond acceptors (Lipinski definition) is 6. The lowest BCUT2D eigenvalue weighted by atomic mass is 9.89. The second-order valence-electron chi connectivity index (χ2n) is 7.11. The van der Waals surface area contributed by atoms with Crippen LogP contribution in [0.5, 0.6) is 11.5 Å². The van der Waals surface area contributed by atoms with Crippen LogP contribution in [0.15, 0.2) is 45.6 Å². The van der Waals surface area contributed by atoms with Crippen molar-refractivity contribution in [2.24, 2.45) is 0 Å². The molecule has 7 heteroatoms. The molecule has 1 saturated heterocycles. The minimum absolute atomic E-state index is 0.00912. The topological polar surface area (TPSA) is 94.1 Å². The molecule has 0 radical (unpaired) electrons. The molecule has 146 valence electrons. The zero-order valence-electron chi connectivity index (χ0n) is 15.2. The van der Waals surface area contributed by atoms with Crippen LogP contribution < -0.4 is 5.43 Å². The van der Waals surface area contributed by atoms with Crippen molar-refractivity contribution in [3.63, 3.8) is 0 Å². The lowest BCUT2D eigenvalue weighted by Gasteiger charge is -2.24. The third-order valence-electron chi connectivity index (χ3n) is 5.52. The van der Waals surface area contributed by atoms with Crippen molar-refractivity contribution >= 4 is 22.6 Å². The van der Waals surface area contributed by atoms with E-state index in [2.05, 4.69) is 0 Å². The molecule has 0 amide bonds. The maximum Gasteiger partial charge on any atom is 0.197 e. The molecule has 1 fully saturated rings. The fraction of sp³-hybridized carbons (Fsp3) is 0.286. The average Bonchev–Trinajstić information content (AvgIpc) is 3.01. The maximum atomic E-state index is 12.8. The maximum absolute atomic E-state index is 12.8. The van der Waals surface area contributed by atoms with E-state index in [9.17, 15) is 20.1 Å². The van der Waals surface area contributed by atoms with Gasteiger partial charge in [0.1, 0.15) is 28.2 Å². The first kappa shape index (κ1) is 18.8. The van der Waals surface area contributed by atoms with Crippen molar-refractivity contribution in [2.45, 2.75) is 18.4 Å². The van der Waals surface area contributed by atoms with Gasteiger partial charge in [-0.3, -0.25) is 4.79 Å². The van der Waals surface area contributed by atoms with Gasteiger partial charge in [-0.05, 0) is 32.1 Å². The molecule has 0 aliphatic carbocycles. The quantitative estimate of drug-likeness (QED) is 0.623. The summed E-state index contributed by atoms with van der Waals surface area (Å²) in [5.41, 5.74) is 0.655. The summed E-state index contributed by atoms with van der Waals surface area (Å²) in [6, 6.07) is 9.19. The number of phenolic OH excluding ortho intramolecular Hbond substituents is 2. The third kappa shape index (κ3) is 2.94. The summed E-state index contributed by atoms with van der Waals surface area (Å²) in [5, 5.41) is 31.2. The highest BCUT2D eigenvalue weighted by Gasteiger charge is 2.36. The first-order valence-corrected chi connectivity index (χ1v) is 9.38. The highest BCUT2D eigenvalue weighted by Crippen LogP contribution is 2.44. The van der Waals surface area contributed by atoms with Crippen LogP contribution in [0.1, 0.15) is 17.9 Å². The SMILES string of the molecule is CN1CC[C@H](c2c(O)cc(O)c3c(=O)cc(-c4ccccc4Cl)oc23)[C@H]1CO. The van der Waals surface area contributed by atoms with Crippen molar-refractivity contribution in [1.29, 1.82) is 0 Å². The molecule has 3 aromatic rings. The molecule has 6 nitrogen and oxygen atoms in total. The number of fused-ring (bicyclic) bond motifs is 1. The van der Waals surface area contributed by atoms with Gasteiger partial charge in [0.15, 0.2) is 5.43 Å². The molecule has 1 aliphatic heterocycles. The van der Waals surface area contributed by atoms with E-state index in [0.717, 1.165) is 12.6 Å². The zero-order chi connectivity index (χ0) is 20.0. The van der Waals surface area contributed by atoms with Crippen molar-refractivity contribution < 1.29 is 19.7 Å². The highest BCUT2D eigenvalue weighted by molar-refractivity contribution is 6.33. The van der Waals surface area contributed by atoms with Gasteiger partial charge in [-0.1, -0.05) is 23.7 Å². The lowest BCUT2D eigenvalue weighted by Crippen LogP contribution is -2.32. The van der Waals surface area contributed by atoms with Crippen molar-refractivity contribution in [2.75, 3.05) is 20.2 Å². The Kier molecular flexibility index (Phi) is 4.79. The Bertz CT molecular complexity index is 1110. The summed E-state index contributed by atoms with van der Waals surface area (Å²) in [6.07, 6.45) is 0.676. The van der Waals surface area contributed by atoms with E-state index >= 15 is 0 Å². The fourth-order valence-electron chi connectivity index (χ4n) is 4.09. The number of benzene rings is 2. The smallest absolute Gasteiger partial charge is 0.197 e. The van der Waals surface area contributed by atoms with Gasteiger partial charge in [0, 0.05) is 35.2 Å². The third-order valence-corrected chi connectivity index (χ3v) is 5.85. The van der Waals surface area contributed by atoms with Crippen molar-refractivity contribution in [1.82, 2.24) is 4.90 Å². The Morgan fingerprint density at radius 2 is 1.96 bits per heavy atom. The number of aliphatic hydroxyl groups is 1. The normalized spacial score (nSPS) is 20.1. The van der Waals surface area contributed by atoms with Gasteiger partial charge in [0.05, 0.1) is 11.6 Å². The minimum Gasteiger partial charge on any atom is -0.507 e. The molecule has 2 atom stereocenters. The summed E-state index contributed by atoms with van der Waals surface area (Å²) >= 11 is 6.26. The molecule has 0 spiro atoms. The van der Waals surface area contributed by atoms with Gasteiger partial charge in [-0.2, -0.15) is 0 Å². The van der Waals surface area contributed by atoms with Gasteiger partial charge in [0.2, 0.25) is 0 Å². The fourth-order valence-corrected chi connectivity index (χ4v) is 4.31. The Balaban J connectivity index is 2.03. The Hall–Kier alpha value is -2.54. The highest BCUT2D eigenvalue weighted by atomic mass is 35.5. The van der Waals surface area contributed by atoms with Gasteiger partial charge in [0.25, 0.3) is 0 Å². The molecule has 1 aliphatic rings. The number of phenols is 2. The van der Waals surface area contributed by atoms with Gasteiger partial charge >= 0.3 is 0 Å². The molecule has 3 N–H and O–H groups in total. The molecule has 2 aromatic carbocycles. The number of hydrogen-bond donors (Lipinski definition) is 3. The van der Waals surface area contributed by atoms with Gasteiger partial charge in [-0.15, -0.1) is 0 Å². The van der Waals surface area contributed by atoms with E-state index in [1.165, 1.54) is 6.07 Å². The Morgan fingerprint density at radius 1 is 1.21 bits per heavy atom. The molecule has 0 unspecified atom stereocenters. The largest absolute Gasteiger partial charge is 0.507 e. The van der Waals surface area contributed by atoms with Crippen LogP contribution in [0.4, 0.5) is 0 Å². The van der Waals surface area contributed by atoms with Crippen LogP contribution in [0.25, 0.3) is 22.3 Å². The number of halogens is 1. The van der Waals surface area contributed by atoms with E-state index in [4.69, 9.17) is 16.0 Å².